The lowest BCUT2D eigenvalue weighted by Gasteiger charge is -2.27. The summed E-state index contributed by atoms with van der Waals surface area (Å²) in [5.41, 5.74) is 6.54. The molecule has 1 fully saturated rings. The van der Waals surface area contributed by atoms with E-state index in [2.05, 4.69) is 27.4 Å². The number of hydrogen-bond acceptors (Lipinski definition) is 6. The van der Waals surface area contributed by atoms with Gasteiger partial charge in [-0.3, -0.25) is 0 Å². The van der Waals surface area contributed by atoms with Crippen molar-refractivity contribution >= 4 is 23.4 Å². The van der Waals surface area contributed by atoms with Crippen molar-refractivity contribution in [3.05, 3.63) is 47.1 Å². The summed E-state index contributed by atoms with van der Waals surface area (Å²) in [6.45, 7) is 1.28. The van der Waals surface area contributed by atoms with Crippen LogP contribution in [-0.2, 0) is 11.3 Å². The summed E-state index contributed by atoms with van der Waals surface area (Å²) in [5, 5.41) is 13.4. The number of anilines is 2. The SMILES string of the molecule is Nc1nc(Cl)cc(NCC2(CO)CCC(OCc3ccccc3)C2)n1. The van der Waals surface area contributed by atoms with Gasteiger partial charge in [0.25, 0.3) is 0 Å². The van der Waals surface area contributed by atoms with Gasteiger partial charge in [0.1, 0.15) is 11.0 Å². The average molecular weight is 363 g/mol. The molecule has 0 radical (unpaired) electrons. The van der Waals surface area contributed by atoms with Crippen molar-refractivity contribution in [2.75, 3.05) is 24.2 Å². The first-order valence-electron chi connectivity index (χ1n) is 8.39. The van der Waals surface area contributed by atoms with Crippen molar-refractivity contribution in [3.8, 4) is 0 Å². The highest BCUT2D eigenvalue weighted by Gasteiger charge is 2.39. The second-order valence-electron chi connectivity index (χ2n) is 6.61. The zero-order valence-corrected chi connectivity index (χ0v) is 14.7. The molecule has 1 aliphatic rings. The Morgan fingerprint density at radius 2 is 2.12 bits per heavy atom. The van der Waals surface area contributed by atoms with Gasteiger partial charge in [-0.05, 0) is 24.8 Å². The summed E-state index contributed by atoms with van der Waals surface area (Å²) in [6.07, 6.45) is 2.78. The first-order chi connectivity index (χ1) is 12.1. The quantitative estimate of drug-likeness (QED) is 0.656. The summed E-state index contributed by atoms with van der Waals surface area (Å²) in [5.74, 6) is 0.697. The van der Waals surface area contributed by atoms with Gasteiger partial charge in [0.05, 0.1) is 19.3 Å². The lowest BCUT2D eigenvalue weighted by Crippen LogP contribution is -2.32. The fourth-order valence-corrected chi connectivity index (χ4v) is 3.44. The molecular formula is C18H23ClN4O2. The van der Waals surface area contributed by atoms with Crippen LogP contribution in [0.2, 0.25) is 5.15 Å². The van der Waals surface area contributed by atoms with Gasteiger partial charge in [-0.2, -0.15) is 4.98 Å². The van der Waals surface area contributed by atoms with Crippen LogP contribution in [0.25, 0.3) is 0 Å². The summed E-state index contributed by atoms with van der Waals surface area (Å²) in [7, 11) is 0. The Morgan fingerprint density at radius 3 is 2.84 bits per heavy atom. The third-order valence-electron chi connectivity index (χ3n) is 4.68. The van der Waals surface area contributed by atoms with Crippen LogP contribution in [0.3, 0.4) is 0 Å². The van der Waals surface area contributed by atoms with Gasteiger partial charge in [0.2, 0.25) is 5.95 Å². The molecule has 2 unspecified atom stereocenters. The molecule has 0 bridgehead atoms. The minimum absolute atomic E-state index is 0.0967. The molecule has 0 amide bonds. The van der Waals surface area contributed by atoms with Crippen molar-refractivity contribution in [1.29, 1.82) is 0 Å². The molecule has 0 aliphatic heterocycles. The van der Waals surface area contributed by atoms with E-state index in [9.17, 15) is 5.11 Å². The van der Waals surface area contributed by atoms with E-state index in [4.69, 9.17) is 22.1 Å². The van der Waals surface area contributed by atoms with Gasteiger partial charge in [0.15, 0.2) is 0 Å². The number of aliphatic hydroxyl groups is 1. The number of nitrogens with one attached hydrogen (secondary N) is 1. The number of hydrogen-bond donors (Lipinski definition) is 3. The Hall–Kier alpha value is -1.89. The topological polar surface area (TPSA) is 93.3 Å². The maximum Gasteiger partial charge on any atom is 0.223 e. The van der Waals surface area contributed by atoms with Crippen molar-refractivity contribution in [2.45, 2.75) is 32.0 Å². The molecule has 134 valence electrons. The van der Waals surface area contributed by atoms with E-state index in [1.165, 1.54) is 0 Å². The molecule has 1 saturated carbocycles. The summed E-state index contributed by atoms with van der Waals surface area (Å²) < 4.78 is 6.03. The summed E-state index contributed by atoms with van der Waals surface area (Å²) >= 11 is 5.90. The average Bonchev–Trinajstić information content (AvgIpc) is 3.03. The maximum atomic E-state index is 9.93. The van der Waals surface area contributed by atoms with Crippen LogP contribution in [0.4, 0.5) is 11.8 Å². The van der Waals surface area contributed by atoms with Crippen LogP contribution < -0.4 is 11.1 Å². The molecule has 1 heterocycles. The van der Waals surface area contributed by atoms with E-state index in [0.717, 1.165) is 24.8 Å². The highest BCUT2D eigenvalue weighted by Crippen LogP contribution is 2.39. The van der Waals surface area contributed by atoms with E-state index in [-0.39, 0.29) is 24.1 Å². The number of nitrogens with zero attached hydrogens (tertiary/aromatic N) is 2. The molecule has 6 nitrogen and oxygen atoms in total. The lowest BCUT2D eigenvalue weighted by molar-refractivity contribution is 0.0305. The number of nitrogens with two attached hydrogens (primary N) is 1. The molecule has 2 aromatic rings. The molecule has 25 heavy (non-hydrogen) atoms. The number of aliphatic hydroxyl groups excluding tert-OH is 1. The molecule has 7 heteroatoms. The molecule has 1 aromatic carbocycles. The van der Waals surface area contributed by atoms with Crippen LogP contribution >= 0.6 is 11.6 Å². The fourth-order valence-electron chi connectivity index (χ4n) is 3.25. The Bertz CT molecular complexity index is 680. The van der Waals surface area contributed by atoms with Gasteiger partial charge < -0.3 is 20.9 Å². The number of aromatic nitrogens is 2. The zero-order valence-electron chi connectivity index (χ0n) is 14.0. The number of halogens is 1. The summed E-state index contributed by atoms with van der Waals surface area (Å²) in [4.78, 5) is 7.95. The third-order valence-corrected chi connectivity index (χ3v) is 4.87. The third kappa shape index (κ3) is 4.81. The minimum Gasteiger partial charge on any atom is -0.396 e. The maximum absolute atomic E-state index is 9.93. The largest absolute Gasteiger partial charge is 0.396 e. The first kappa shape index (κ1) is 17.9. The molecule has 1 aliphatic carbocycles. The van der Waals surface area contributed by atoms with Gasteiger partial charge >= 0.3 is 0 Å². The molecule has 2 atom stereocenters. The number of nitrogen functional groups attached to an aromatic ring is 1. The molecule has 3 rings (SSSR count). The second-order valence-corrected chi connectivity index (χ2v) is 6.99. The highest BCUT2D eigenvalue weighted by atomic mass is 35.5. The predicted molar refractivity (Wildman–Crippen MR) is 98.3 cm³/mol. The van der Waals surface area contributed by atoms with Crippen molar-refractivity contribution in [1.82, 2.24) is 9.97 Å². The van der Waals surface area contributed by atoms with Crippen molar-refractivity contribution in [3.63, 3.8) is 0 Å². The minimum atomic E-state index is -0.229. The molecule has 1 aromatic heterocycles. The normalized spacial score (nSPS) is 22.9. The van der Waals surface area contributed by atoms with Crippen LogP contribution in [0.15, 0.2) is 36.4 Å². The van der Waals surface area contributed by atoms with Gasteiger partial charge in [-0.15, -0.1) is 0 Å². The number of ether oxygens (including phenoxy) is 1. The monoisotopic (exact) mass is 362 g/mol. The first-order valence-corrected chi connectivity index (χ1v) is 8.77. The fraction of sp³-hybridized carbons (Fsp3) is 0.444. The van der Waals surface area contributed by atoms with E-state index < -0.39 is 0 Å². The van der Waals surface area contributed by atoms with Crippen LogP contribution in [0.5, 0.6) is 0 Å². The van der Waals surface area contributed by atoms with Gasteiger partial charge in [0, 0.05) is 18.0 Å². The second kappa shape index (κ2) is 7.99. The van der Waals surface area contributed by atoms with E-state index in [0.29, 0.717) is 24.1 Å². The molecular weight excluding hydrogens is 340 g/mol. The Kier molecular flexibility index (Phi) is 5.73. The van der Waals surface area contributed by atoms with Crippen LogP contribution in [0.1, 0.15) is 24.8 Å². The lowest BCUT2D eigenvalue weighted by atomic mass is 9.87. The van der Waals surface area contributed by atoms with Gasteiger partial charge in [-0.1, -0.05) is 41.9 Å². The summed E-state index contributed by atoms with van der Waals surface area (Å²) in [6, 6.07) is 11.7. The zero-order chi connectivity index (χ0) is 17.7. The Morgan fingerprint density at radius 1 is 1.32 bits per heavy atom. The van der Waals surface area contributed by atoms with Crippen molar-refractivity contribution in [2.24, 2.45) is 5.41 Å². The molecule has 0 saturated heterocycles. The number of benzene rings is 1. The van der Waals surface area contributed by atoms with Gasteiger partial charge in [-0.25, -0.2) is 4.98 Å². The Balaban J connectivity index is 1.54. The van der Waals surface area contributed by atoms with Crippen LogP contribution in [-0.4, -0.2) is 34.3 Å². The highest BCUT2D eigenvalue weighted by molar-refractivity contribution is 6.29. The van der Waals surface area contributed by atoms with Crippen molar-refractivity contribution < 1.29 is 9.84 Å². The van der Waals surface area contributed by atoms with E-state index in [1.54, 1.807) is 6.07 Å². The molecule has 4 N–H and O–H groups in total. The van der Waals surface area contributed by atoms with E-state index >= 15 is 0 Å². The van der Waals surface area contributed by atoms with Crippen LogP contribution in [0, 0.1) is 5.41 Å². The smallest absolute Gasteiger partial charge is 0.223 e. The standard InChI is InChI=1S/C18H23ClN4O2/c19-15-8-16(23-17(20)22-15)21-11-18(12-24)7-6-14(9-18)25-10-13-4-2-1-3-5-13/h1-5,8,14,24H,6-7,9-12H2,(H3,20,21,22,23). The predicted octanol–water partition coefficient (Wildman–Crippen LogP) is 2.87. The molecule has 0 spiro atoms. The Labute approximate surface area is 152 Å². The van der Waals surface area contributed by atoms with E-state index in [1.807, 2.05) is 18.2 Å². The number of rotatable bonds is 7.